The van der Waals surface area contributed by atoms with Gasteiger partial charge in [0, 0.05) is 17.0 Å². The maximum Gasteiger partial charge on any atom is 0.190 e. The van der Waals surface area contributed by atoms with Gasteiger partial charge in [0.1, 0.15) is 6.33 Å². The Morgan fingerprint density at radius 3 is 1.94 bits per heavy atom. The van der Waals surface area contributed by atoms with Crippen molar-refractivity contribution in [1.29, 1.82) is 0 Å². The third kappa shape index (κ3) is 2.03. The van der Waals surface area contributed by atoms with E-state index in [-0.39, 0.29) is 5.75 Å². The van der Waals surface area contributed by atoms with E-state index in [1.165, 1.54) is 25.6 Å². The minimum absolute atomic E-state index is 0.383. The van der Waals surface area contributed by atoms with Gasteiger partial charge in [-0.25, -0.2) is 18.7 Å². The fraction of sp³-hybridized carbons (Fsp3) is 0.231. The molecule has 0 bridgehead atoms. The molecule has 0 radical (unpaired) electrons. The summed E-state index contributed by atoms with van der Waals surface area (Å²) < 4.78 is 32.0. The number of hydrogen-bond acceptors (Lipinski definition) is 3. The molecule has 0 aliphatic carbocycles. The average molecular weight is 250 g/mol. The van der Waals surface area contributed by atoms with Crippen molar-refractivity contribution in [3.8, 4) is 16.9 Å². The molecule has 2 rings (SSSR count). The summed E-state index contributed by atoms with van der Waals surface area (Å²) in [7, 11) is 1.23. The second kappa shape index (κ2) is 4.68. The van der Waals surface area contributed by atoms with Crippen molar-refractivity contribution in [2.75, 3.05) is 7.11 Å². The van der Waals surface area contributed by atoms with Crippen molar-refractivity contribution in [2.45, 2.75) is 13.8 Å². The lowest BCUT2D eigenvalue weighted by Crippen LogP contribution is -1.98. The van der Waals surface area contributed by atoms with E-state index in [4.69, 9.17) is 0 Å². The normalized spacial score (nSPS) is 10.5. The number of hydrogen-bond donors (Lipinski definition) is 0. The van der Waals surface area contributed by atoms with Gasteiger partial charge in [0.15, 0.2) is 17.4 Å². The van der Waals surface area contributed by atoms with Gasteiger partial charge >= 0.3 is 0 Å². The van der Waals surface area contributed by atoms with Crippen LogP contribution in [0.2, 0.25) is 0 Å². The zero-order valence-corrected chi connectivity index (χ0v) is 10.3. The van der Waals surface area contributed by atoms with Gasteiger partial charge in [-0.05, 0) is 31.5 Å². The van der Waals surface area contributed by atoms with Gasteiger partial charge in [0.05, 0.1) is 7.11 Å². The average Bonchev–Trinajstić information content (AvgIpc) is 2.28. The molecule has 0 aliphatic rings. The lowest BCUT2D eigenvalue weighted by molar-refractivity contribution is 0.360. The summed E-state index contributed by atoms with van der Waals surface area (Å²) in [6.07, 6.45) is 1.42. The quantitative estimate of drug-likeness (QED) is 0.821. The van der Waals surface area contributed by atoms with Crippen LogP contribution in [-0.4, -0.2) is 17.1 Å². The summed E-state index contributed by atoms with van der Waals surface area (Å²) in [5, 5.41) is 0. The second-order valence-electron chi connectivity index (χ2n) is 3.89. The minimum Gasteiger partial charge on any atom is -0.491 e. The van der Waals surface area contributed by atoms with Crippen LogP contribution in [-0.2, 0) is 0 Å². The van der Waals surface area contributed by atoms with Gasteiger partial charge in [0.2, 0.25) is 0 Å². The third-order valence-corrected chi connectivity index (χ3v) is 2.72. The molecular weight excluding hydrogens is 238 g/mol. The fourth-order valence-corrected chi connectivity index (χ4v) is 1.91. The van der Waals surface area contributed by atoms with Gasteiger partial charge < -0.3 is 4.74 Å². The van der Waals surface area contributed by atoms with Crippen molar-refractivity contribution in [1.82, 2.24) is 9.97 Å². The van der Waals surface area contributed by atoms with Crippen molar-refractivity contribution in [3.05, 3.63) is 41.5 Å². The number of ether oxygens (including phenoxy) is 1. The molecule has 0 spiro atoms. The van der Waals surface area contributed by atoms with Crippen LogP contribution in [0, 0.1) is 25.5 Å². The van der Waals surface area contributed by atoms with Crippen molar-refractivity contribution >= 4 is 0 Å². The van der Waals surface area contributed by atoms with Gasteiger partial charge in [-0.3, -0.25) is 0 Å². The first-order chi connectivity index (χ1) is 8.54. The molecule has 0 saturated heterocycles. The molecule has 18 heavy (non-hydrogen) atoms. The Morgan fingerprint density at radius 2 is 1.50 bits per heavy atom. The van der Waals surface area contributed by atoms with Crippen LogP contribution >= 0.6 is 0 Å². The molecule has 1 heterocycles. The first-order valence-electron chi connectivity index (χ1n) is 5.36. The first kappa shape index (κ1) is 12.4. The SMILES string of the molecule is COc1c(F)cc(-c2c(C)ncnc2C)cc1F. The molecule has 0 N–H and O–H groups in total. The van der Waals surface area contributed by atoms with Crippen molar-refractivity contribution in [2.24, 2.45) is 0 Å². The highest BCUT2D eigenvalue weighted by Crippen LogP contribution is 2.30. The number of rotatable bonds is 2. The van der Waals surface area contributed by atoms with E-state index in [2.05, 4.69) is 14.7 Å². The summed E-state index contributed by atoms with van der Waals surface area (Å²) in [6.45, 7) is 3.54. The lowest BCUT2D eigenvalue weighted by Gasteiger charge is -2.10. The van der Waals surface area contributed by atoms with Crippen LogP contribution in [0.1, 0.15) is 11.4 Å². The van der Waals surface area contributed by atoms with E-state index in [0.29, 0.717) is 22.5 Å². The standard InChI is InChI=1S/C13H12F2N2O/c1-7-12(8(2)17-6-16-7)9-4-10(14)13(18-3)11(15)5-9/h4-6H,1-3H3. The number of halogens is 2. The van der Waals surface area contributed by atoms with Crippen LogP contribution < -0.4 is 4.74 Å². The Balaban J connectivity index is 2.66. The predicted molar refractivity (Wildman–Crippen MR) is 63.4 cm³/mol. The van der Waals surface area contributed by atoms with Gasteiger partial charge in [-0.2, -0.15) is 0 Å². The third-order valence-electron chi connectivity index (χ3n) is 2.72. The Bertz CT molecular complexity index is 556. The van der Waals surface area contributed by atoms with E-state index in [1.54, 1.807) is 13.8 Å². The Labute approximate surface area is 103 Å². The number of benzene rings is 1. The Kier molecular flexibility index (Phi) is 3.23. The predicted octanol–water partition coefficient (Wildman–Crippen LogP) is 3.05. The summed E-state index contributed by atoms with van der Waals surface area (Å²) >= 11 is 0. The summed E-state index contributed by atoms with van der Waals surface area (Å²) in [4.78, 5) is 8.06. The highest BCUT2D eigenvalue weighted by Gasteiger charge is 2.15. The largest absolute Gasteiger partial charge is 0.491 e. The van der Waals surface area contributed by atoms with Gasteiger partial charge in [-0.15, -0.1) is 0 Å². The minimum atomic E-state index is -0.741. The highest BCUT2D eigenvalue weighted by atomic mass is 19.1. The molecule has 94 valence electrons. The molecule has 5 heteroatoms. The zero-order valence-electron chi connectivity index (χ0n) is 10.3. The molecule has 0 fully saturated rings. The lowest BCUT2D eigenvalue weighted by atomic mass is 10.0. The highest BCUT2D eigenvalue weighted by molar-refractivity contribution is 5.68. The van der Waals surface area contributed by atoms with Crippen LogP contribution in [0.15, 0.2) is 18.5 Å². The molecule has 2 aromatic rings. The van der Waals surface area contributed by atoms with Gasteiger partial charge in [-0.1, -0.05) is 0 Å². The molecule has 3 nitrogen and oxygen atoms in total. The van der Waals surface area contributed by atoms with Crippen LogP contribution in [0.5, 0.6) is 5.75 Å². The van der Waals surface area contributed by atoms with E-state index < -0.39 is 11.6 Å². The zero-order chi connectivity index (χ0) is 13.3. The van der Waals surface area contributed by atoms with E-state index >= 15 is 0 Å². The summed E-state index contributed by atoms with van der Waals surface area (Å²) in [5.41, 5.74) is 2.39. The molecule has 0 amide bonds. The molecule has 0 atom stereocenters. The molecule has 1 aromatic carbocycles. The smallest absolute Gasteiger partial charge is 0.190 e. The molecule has 0 saturated carbocycles. The molecule has 0 unspecified atom stereocenters. The maximum absolute atomic E-state index is 13.7. The van der Waals surface area contributed by atoms with E-state index in [1.807, 2.05) is 0 Å². The summed E-state index contributed by atoms with van der Waals surface area (Å²) in [6, 6.07) is 2.45. The number of aryl methyl sites for hydroxylation is 2. The van der Waals surface area contributed by atoms with Crippen molar-refractivity contribution in [3.63, 3.8) is 0 Å². The van der Waals surface area contributed by atoms with E-state index in [9.17, 15) is 8.78 Å². The topological polar surface area (TPSA) is 35.0 Å². The summed E-state index contributed by atoms with van der Waals surface area (Å²) in [5.74, 6) is -1.86. The fourth-order valence-electron chi connectivity index (χ4n) is 1.91. The van der Waals surface area contributed by atoms with Crippen LogP contribution in [0.4, 0.5) is 8.78 Å². The number of nitrogens with zero attached hydrogens (tertiary/aromatic N) is 2. The Morgan fingerprint density at radius 1 is 1.00 bits per heavy atom. The second-order valence-corrected chi connectivity index (χ2v) is 3.89. The molecule has 1 aromatic heterocycles. The Hall–Kier alpha value is -2.04. The van der Waals surface area contributed by atoms with E-state index in [0.717, 1.165) is 0 Å². The van der Waals surface area contributed by atoms with Crippen LogP contribution in [0.25, 0.3) is 11.1 Å². The van der Waals surface area contributed by atoms with Crippen LogP contribution in [0.3, 0.4) is 0 Å². The number of methoxy groups -OCH3 is 1. The number of aromatic nitrogens is 2. The maximum atomic E-state index is 13.7. The van der Waals surface area contributed by atoms with Gasteiger partial charge in [0.25, 0.3) is 0 Å². The first-order valence-corrected chi connectivity index (χ1v) is 5.36. The monoisotopic (exact) mass is 250 g/mol. The molecular formula is C13H12F2N2O. The molecule has 0 aliphatic heterocycles. The van der Waals surface area contributed by atoms with Crippen molar-refractivity contribution < 1.29 is 13.5 Å².